The summed E-state index contributed by atoms with van der Waals surface area (Å²) in [6, 6.07) is 7.53. The van der Waals surface area contributed by atoms with Crippen LogP contribution in [0.15, 0.2) is 24.3 Å². The minimum atomic E-state index is -0.0758. The summed E-state index contributed by atoms with van der Waals surface area (Å²) < 4.78 is 16.7. The van der Waals surface area contributed by atoms with Crippen LogP contribution in [0, 0.1) is 11.8 Å². The maximum atomic E-state index is 12.7. The van der Waals surface area contributed by atoms with Gasteiger partial charge in [0.1, 0.15) is 5.75 Å². The lowest BCUT2D eigenvalue weighted by atomic mass is 9.67. The van der Waals surface area contributed by atoms with E-state index in [9.17, 15) is 4.79 Å². The van der Waals surface area contributed by atoms with Crippen LogP contribution in [-0.2, 0) is 9.47 Å². The summed E-state index contributed by atoms with van der Waals surface area (Å²) in [6.07, 6.45) is 2.14. The molecule has 1 aromatic carbocycles. The third-order valence-corrected chi connectivity index (χ3v) is 4.78. The van der Waals surface area contributed by atoms with Gasteiger partial charge in [-0.1, -0.05) is 19.1 Å². The van der Waals surface area contributed by atoms with Crippen molar-refractivity contribution in [3.63, 3.8) is 0 Å². The SMILES string of the molecule is CCCOc1ccccc1C(=O)N[C@@H]1[C@@H](COC)[C@H]2OCC[C@@H]12. The molecule has 3 rings (SSSR count). The molecule has 0 bridgehead atoms. The van der Waals surface area contributed by atoms with E-state index in [-0.39, 0.29) is 24.0 Å². The molecular weight excluding hydrogens is 294 g/mol. The third-order valence-electron chi connectivity index (χ3n) is 4.78. The summed E-state index contributed by atoms with van der Waals surface area (Å²) in [5.74, 6) is 1.21. The van der Waals surface area contributed by atoms with Gasteiger partial charge in [0.15, 0.2) is 0 Å². The molecular formula is C18H25NO4. The summed E-state index contributed by atoms with van der Waals surface area (Å²) in [6.45, 7) is 4.05. The number of carbonyl (C=O) groups excluding carboxylic acids is 1. The van der Waals surface area contributed by atoms with Crippen molar-refractivity contribution in [1.29, 1.82) is 0 Å². The number of carbonyl (C=O) groups is 1. The summed E-state index contributed by atoms with van der Waals surface area (Å²) in [5, 5.41) is 3.18. The number of nitrogens with one attached hydrogen (secondary N) is 1. The van der Waals surface area contributed by atoms with Gasteiger partial charge in [0.2, 0.25) is 0 Å². The van der Waals surface area contributed by atoms with Gasteiger partial charge in [-0.15, -0.1) is 0 Å². The number of rotatable bonds is 7. The third kappa shape index (κ3) is 3.21. The Hall–Kier alpha value is -1.59. The minimum absolute atomic E-state index is 0.0758. The fourth-order valence-electron chi connectivity index (χ4n) is 3.66. The van der Waals surface area contributed by atoms with Gasteiger partial charge in [0.25, 0.3) is 5.91 Å². The predicted molar refractivity (Wildman–Crippen MR) is 86.7 cm³/mol. The van der Waals surface area contributed by atoms with Crippen LogP contribution in [0.5, 0.6) is 5.75 Å². The van der Waals surface area contributed by atoms with Crippen LogP contribution in [0.4, 0.5) is 0 Å². The van der Waals surface area contributed by atoms with Crippen LogP contribution in [0.1, 0.15) is 30.1 Å². The molecule has 0 radical (unpaired) electrons. The van der Waals surface area contributed by atoms with E-state index >= 15 is 0 Å². The van der Waals surface area contributed by atoms with Crippen LogP contribution in [0.25, 0.3) is 0 Å². The van der Waals surface area contributed by atoms with Crippen LogP contribution >= 0.6 is 0 Å². The largest absolute Gasteiger partial charge is 0.493 e. The number of hydrogen-bond acceptors (Lipinski definition) is 4. The maximum absolute atomic E-state index is 12.7. The molecule has 1 saturated heterocycles. The number of methoxy groups -OCH3 is 1. The Morgan fingerprint density at radius 1 is 1.39 bits per heavy atom. The number of ether oxygens (including phenoxy) is 3. The number of para-hydroxylation sites is 1. The second-order valence-corrected chi connectivity index (χ2v) is 6.25. The number of fused-ring (bicyclic) bond motifs is 1. The zero-order valence-electron chi connectivity index (χ0n) is 13.8. The number of hydrogen-bond donors (Lipinski definition) is 1. The Morgan fingerprint density at radius 2 is 2.22 bits per heavy atom. The zero-order chi connectivity index (χ0) is 16.2. The Labute approximate surface area is 137 Å². The van der Waals surface area contributed by atoms with Crippen molar-refractivity contribution in [3.05, 3.63) is 29.8 Å². The number of benzene rings is 1. The molecule has 2 aliphatic rings. The van der Waals surface area contributed by atoms with Gasteiger partial charge >= 0.3 is 0 Å². The molecule has 1 amide bonds. The van der Waals surface area contributed by atoms with E-state index in [1.54, 1.807) is 7.11 Å². The van der Waals surface area contributed by atoms with Crippen molar-refractivity contribution >= 4 is 5.91 Å². The highest BCUT2D eigenvalue weighted by molar-refractivity contribution is 5.97. The van der Waals surface area contributed by atoms with Crippen LogP contribution < -0.4 is 10.1 Å². The summed E-state index contributed by atoms with van der Waals surface area (Å²) in [7, 11) is 1.69. The molecule has 0 spiro atoms. The fraction of sp³-hybridized carbons (Fsp3) is 0.611. The summed E-state index contributed by atoms with van der Waals surface area (Å²) in [5.41, 5.74) is 0.597. The van der Waals surface area contributed by atoms with Crippen LogP contribution in [-0.4, -0.2) is 45.0 Å². The van der Waals surface area contributed by atoms with Crippen LogP contribution in [0.2, 0.25) is 0 Å². The minimum Gasteiger partial charge on any atom is -0.493 e. The second kappa shape index (κ2) is 7.32. The Bertz CT molecular complexity index is 548. The van der Waals surface area contributed by atoms with E-state index in [1.807, 2.05) is 31.2 Å². The van der Waals surface area contributed by atoms with Gasteiger partial charge in [-0.25, -0.2) is 0 Å². The second-order valence-electron chi connectivity index (χ2n) is 6.25. The predicted octanol–water partition coefficient (Wildman–Crippen LogP) is 2.26. The average molecular weight is 319 g/mol. The topological polar surface area (TPSA) is 56.8 Å². The molecule has 0 unspecified atom stereocenters. The molecule has 23 heavy (non-hydrogen) atoms. The van der Waals surface area contributed by atoms with Crippen LogP contribution in [0.3, 0.4) is 0 Å². The first kappa shape index (κ1) is 16.3. The molecule has 5 heteroatoms. The van der Waals surface area contributed by atoms with Gasteiger partial charge < -0.3 is 19.5 Å². The molecule has 126 valence electrons. The summed E-state index contributed by atoms with van der Waals surface area (Å²) in [4.78, 5) is 12.7. The molecule has 1 aliphatic carbocycles. The monoisotopic (exact) mass is 319 g/mol. The van der Waals surface area contributed by atoms with Crippen molar-refractivity contribution in [2.45, 2.75) is 31.9 Å². The van der Waals surface area contributed by atoms with E-state index in [2.05, 4.69) is 5.32 Å². The van der Waals surface area contributed by atoms with Gasteiger partial charge in [0, 0.05) is 31.6 Å². The highest BCUT2D eigenvalue weighted by Crippen LogP contribution is 2.44. The highest BCUT2D eigenvalue weighted by atomic mass is 16.5. The van der Waals surface area contributed by atoms with Gasteiger partial charge in [-0.05, 0) is 25.0 Å². The fourth-order valence-corrected chi connectivity index (χ4v) is 3.66. The van der Waals surface area contributed by atoms with Crippen molar-refractivity contribution in [3.8, 4) is 5.75 Å². The van der Waals surface area contributed by atoms with Crippen molar-refractivity contribution < 1.29 is 19.0 Å². The first-order valence-corrected chi connectivity index (χ1v) is 8.39. The average Bonchev–Trinajstić information content (AvgIpc) is 3.00. The first-order valence-electron chi connectivity index (χ1n) is 8.39. The molecule has 4 atom stereocenters. The lowest BCUT2D eigenvalue weighted by Gasteiger charge is -2.47. The van der Waals surface area contributed by atoms with Gasteiger partial charge in [-0.3, -0.25) is 4.79 Å². The molecule has 1 N–H and O–H groups in total. The molecule has 0 aromatic heterocycles. The van der Waals surface area contributed by atoms with E-state index in [1.165, 1.54) is 0 Å². The normalized spacial score (nSPS) is 28.8. The van der Waals surface area contributed by atoms with Crippen molar-refractivity contribution in [1.82, 2.24) is 5.32 Å². The van der Waals surface area contributed by atoms with Gasteiger partial charge in [-0.2, -0.15) is 0 Å². The Morgan fingerprint density at radius 3 is 3.00 bits per heavy atom. The summed E-state index contributed by atoms with van der Waals surface area (Å²) >= 11 is 0. The van der Waals surface area contributed by atoms with Gasteiger partial charge in [0.05, 0.1) is 24.9 Å². The quantitative estimate of drug-likeness (QED) is 0.837. The molecule has 2 fully saturated rings. The molecule has 1 saturated carbocycles. The molecule has 1 aromatic rings. The standard InChI is InChI=1S/C18H25NO4/c1-3-9-22-15-7-5-4-6-12(15)18(20)19-16-13-8-10-23-17(13)14(16)11-21-2/h4-7,13-14,16-17H,3,8-11H2,1-2H3,(H,19,20)/t13-,14+,16-,17-/m0/s1. The lowest BCUT2D eigenvalue weighted by Crippen LogP contribution is -2.62. The van der Waals surface area contributed by atoms with E-state index in [4.69, 9.17) is 14.2 Å². The molecule has 1 aliphatic heterocycles. The zero-order valence-corrected chi connectivity index (χ0v) is 13.8. The number of amides is 1. The van der Waals surface area contributed by atoms with Crippen molar-refractivity contribution in [2.75, 3.05) is 26.9 Å². The maximum Gasteiger partial charge on any atom is 0.255 e. The molecule has 1 heterocycles. The van der Waals surface area contributed by atoms with E-state index < -0.39 is 0 Å². The Kier molecular flexibility index (Phi) is 5.18. The molecule has 5 nitrogen and oxygen atoms in total. The Balaban J connectivity index is 1.69. The first-order chi connectivity index (χ1) is 11.3. The smallest absolute Gasteiger partial charge is 0.255 e. The highest BCUT2D eigenvalue weighted by Gasteiger charge is 2.54. The van der Waals surface area contributed by atoms with E-state index in [0.29, 0.717) is 30.4 Å². The van der Waals surface area contributed by atoms with Crippen molar-refractivity contribution in [2.24, 2.45) is 11.8 Å². The van der Waals surface area contributed by atoms with E-state index in [0.717, 1.165) is 19.4 Å². The lowest BCUT2D eigenvalue weighted by molar-refractivity contribution is -0.0809.